The van der Waals surface area contributed by atoms with Crippen molar-refractivity contribution in [3.8, 4) is 0 Å². The first-order valence-electron chi connectivity index (χ1n) is 5.36. The fourth-order valence-electron chi connectivity index (χ4n) is 1.83. The van der Waals surface area contributed by atoms with Gasteiger partial charge in [0.25, 0.3) is 0 Å². The van der Waals surface area contributed by atoms with E-state index in [-0.39, 0.29) is 0 Å². The van der Waals surface area contributed by atoms with E-state index in [0.717, 1.165) is 11.6 Å². The average molecular weight is 244 g/mol. The van der Waals surface area contributed by atoms with Crippen molar-refractivity contribution in [2.75, 3.05) is 5.32 Å². The third-order valence-corrected chi connectivity index (χ3v) is 3.10. The predicted octanol–water partition coefficient (Wildman–Crippen LogP) is 4.59. The van der Waals surface area contributed by atoms with Gasteiger partial charge in [-0.15, -0.1) is 0 Å². The first kappa shape index (κ1) is 11.1. The molecule has 1 saturated carbocycles. The Morgan fingerprint density at radius 1 is 1.27 bits per heavy atom. The molecule has 1 nitrogen and oxygen atoms in total. The van der Waals surface area contributed by atoms with Crippen molar-refractivity contribution in [1.82, 2.24) is 0 Å². The third kappa shape index (κ3) is 3.58. The fourth-order valence-corrected chi connectivity index (χ4v) is 2.36. The van der Waals surface area contributed by atoms with Crippen molar-refractivity contribution in [3.05, 3.63) is 28.2 Å². The van der Waals surface area contributed by atoms with Gasteiger partial charge in [-0.05, 0) is 37.5 Å². The molecule has 0 saturated heterocycles. The van der Waals surface area contributed by atoms with Crippen molar-refractivity contribution >= 4 is 28.9 Å². The van der Waals surface area contributed by atoms with E-state index in [2.05, 4.69) is 12.2 Å². The van der Waals surface area contributed by atoms with E-state index >= 15 is 0 Å². The summed E-state index contributed by atoms with van der Waals surface area (Å²) in [7, 11) is 0. The van der Waals surface area contributed by atoms with E-state index in [1.165, 1.54) is 19.3 Å². The van der Waals surface area contributed by atoms with Crippen LogP contribution in [0.3, 0.4) is 0 Å². The number of benzene rings is 1. The first-order chi connectivity index (χ1) is 7.13. The highest BCUT2D eigenvalue weighted by molar-refractivity contribution is 6.35. The molecule has 0 radical (unpaired) electrons. The Balaban J connectivity index is 1.96. The summed E-state index contributed by atoms with van der Waals surface area (Å²) in [6, 6.07) is 6.07. The third-order valence-electron chi connectivity index (χ3n) is 2.66. The number of rotatable bonds is 4. The largest absolute Gasteiger partial charge is 0.382 e. The van der Waals surface area contributed by atoms with Gasteiger partial charge in [0.2, 0.25) is 0 Å². The molecular formula is C12H15Cl2N. The molecule has 1 aromatic carbocycles. The normalized spacial score (nSPS) is 17.5. The van der Waals surface area contributed by atoms with Crippen LogP contribution in [0.2, 0.25) is 10.0 Å². The highest BCUT2D eigenvalue weighted by atomic mass is 35.5. The lowest BCUT2D eigenvalue weighted by Gasteiger charge is -2.15. The van der Waals surface area contributed by atoms with Gasteiger partial charge in [-0.3, -0.25) is 0 Å². The molecule has 15 heavy (non-hydrogen) atoms. The van der Waals surface area contributed by atoms with Gasteiger partial charge in [0.15, 0.2) is 0 Å². The fraction of sp³-hybridized carbons (Fsp3) is 0.500. The first-order valence-corrected chi connectivity index (χ1v) is 6.11. The molecule has 1 aliphatic carbocycles. The van der Waals surface area contributed by atoms with E-state index in [1.807, 2.05) is 12.1 Å². The van der Waals surface area contributed by atoms with Crippen LogP contribution in [-0.4, -0.2) is 6.04 Å². The number of hydrogen-bond donors (Lipinski definition) is 1. The Kier molecular flexibility index (Phi) is 3.42. The van der Waals surface area contributed by atoms with Crippen LogP contribution in [0.1, 0.15) is 26.2 Å². The molecule has 1 fully saturated rings. The lowest BCUT2D eigenvalue weighted by molar-refractivity contribution is 0.642. The molecule has 1 atom stereocenters. The predicted molar refractivity (Wildman–Crippen MR) is 66.9 cm³/mol. The number of anilines is 1. The topological polar surface area (TPSA) is 12.0 Å². The molecule has 2 rings (SSSR count). The quantitative estimate of drug-likeness (QED) is 0.816. The maximum atomic E-state index is 5.93. The molecule has 82 valence electrons. The molecule has 1 aliphatic rings. The Morgan fingerprint density at radius 3 is 2.40 bits per heavy atom. The van der Waals surface area contributed by atoms with Crippen LogP contribution in [0.4, 0.5) is 5.69 Å². The van der Waals surface area contributed by atoms with E-state index in [0.29, 0.717) is 16.1 Å². The van der Waals surface area contributed by atoms with Gasteiger partial charge < -0.3 is 5.32 Å². The smallest absolute Gasteiger partial charge is 0.0441 e. The molecule has 1 N–H and O–H groups in total. The van der Waals surface area contributed by atoms with E-state index < -0.39 is 0 Å². The minimum atomic E-state index is 0.493. The highest BCUT2D eigenvalue weighted by Gasteiger charge is 2.23. The second-order valence-corrected chi connectivity index (χ2v) is 5.26. The number of halogens is 2. The summed E-state index contributed by atoms with van der Waals surface area (Å²) in [6.07, 6.45) is 4.02. The zero-order valence-corrected chi connectivity index (χ0v) is 10.3. The lowest BCUT2D eigenvalue weighted by Crippen LogP contribution is -2.15. The number of hydrogen-bond acceptors (Lipinski definition) is 1. The summed E-state index contributed by atoms with van der Waals surface area (Å²) >= 11 is 11.9. The van der Waals surface area contributed by atoms with E-state index in [9.17, 15) is 0 Å². The van der Waals surface area contributed by atoms with E-state index in [4.69, 9.17) is 23.2 Å². The van der Waals surface area contributed by atoms with Crippen LogP contribution in [0.25, 0.3) is 0 Å². The van der Waals surface area contributed by atoms with Gasteiger partial charge in [0.05, 0.1) is 0 Å². The summed E-state index contributed by atoms with van der Waals surface area (Å²) in [5, 5.41) is 4.79. The maximum absolute atomic E-state index is 5.93. The Labute approximate surface area is 101 Å². The molecule has 0 aliphatic heterocycles. The lowest BCUT2D eigenvalue weighted by atomic mass is 10.1. The second-order valence-electron chi connectivity index (χ2n) is 4.38. The summed E-state index contributed by atoms with van der Waals surface area (Å²) in [6.45, 7) is 2.20. The van der Waals surface area contributed by atoms with Gasteiger partial charge in [-0.2, -0.15) is 0 Å². The van der Waals surface area contributed by atoms with E-state index in [1.54, 1.807) is 6.07 Å². The number of nitrogens with one attached hydrogen (secondary N) is 1. The molecular weight excluding hydrogens is 229 g/mol. The van der Waals surface area contributed by atoms with Crippen molar-refractivity contribution < 1.29 is 0 Å². The van der Waals surface area contributed by atoms with Crippen molar-refractivity contribution in [2.24, 2.45) is 5.92 Å². The standard InChI is InChI=1S/C12H15Cl2N/c1-8(4-9-2-3-9)15-12-6-10(13)5-11(14)7-12/h5-9,15H,2-4H2,1H3. The molecule has 0 heterocycles. The van der Waals surface area contributed by atoms with Gasteiger partial charge >= 0.3 is 0 Å². The van der Waals surface area contributed by atoms with Crippen LogP contribution in [-0.2, 0) is 0 Å². The van der Waals surface area contributed by atoms with Crippen LogP contribution in [0.5, 0.6) is 0 Å². The zero-order chi connectivity index (χ0) is 10.8. The molecule has 0 amide bonds. The van der Waals surface area contributed by atoms with Gasteiger partial charge in [0.1, 0.15) is 0 Å². The van der Waals surface area contributed by atoms with Crippen LogP contribution in [0, 0.1) is 5.92 Å². The minimum Gasteiger partial charge on any atom is -0.382 e. The maximum Gasteiger partial charge on any atom is 0.0441 e. The van der Waals surface area contributed by atoms with Crippen LogP contribution >= 0.6 is 23.2 Å². The molecule has 0 aromatic heterocycles. The summed E-state index contributed by atoms with van der Waals surface area (Å²) in [4.78, 5) is 0. The second kappa shape index (κ2) is 4.63. The molecule has 0 bridgehead atoms. The van der Waals surface area contributed by atoms with Crippen LogP contribution < -0.4 is 5.32 Å². The molecule has 0 spiro atoms. The molecule has 1 unspecified atom stereocenters. The molecule has 1 aromatic rings. The summed E-state index contributed by atoms with van der Waals surface area (Å²) in [5.41, 5.74) is 1.01. The molecule has 3 heteroatoms. The van der Waals surface area contributed by atoms with Gasteiger partial charge in [-0.25, -0.2) is 0 Å². The Bertz CT molecular complexity index is 327. The summed E-state index contributed by atoms with van der Waals surface area (Å²) in [5.74, 6) is 0.933. The average Bonchev–Trinajstić information content (AvgIpc) is 2.85. The Hall–Kier alpha value is -0.400. The summed E-state index contributed by atoms with van der Waals surface area (Å²) < 4.78 is 0. The van der Waals surface area contributed by atoms with Crippen LogP contribution in [0.15, 0.2) is 18.2 Å². The highest BCUT2D eigenvalue weighted by Crippen LogP contribution is 2.34. The minimum absolute atomic E-state index is 0.493. The SMILES string of the molecule is CC(CC1CC1)Nc1cc(Cl)cc(Cl)c1. The van der Waals surface area contributed by atoms with Crippen molar-refractivity contribution in [1.29, 1.82) is 0 Å². The van der Waals surface area contributed by atoms with Gasteiger partial charge in [-0.1, -0.05) is 36.0 Å². The monoisotopic (exact) mass is 243 g/mol. The Morgan fingerprint density at radius 2 is 1.87 bits per heavy atom. The van der Waals surface area contributed by atoms with Crippen molar-refractivity contribution in [3.63, 3.8) is 0 Å². The van der Waals surface area contributed by atoms with Crippen molar-refractivity contribution in [2.45, 2.75) is 32.2 Å². The van der Waals surface area contributed by atoms with Gasteiger partial charge in [0, 0.05) is 21.8 Å². The zero-order valence-electron chi connectivity index (χ0n) is 8.76.